The fourth-order valence-electron chi connectivity index (χ4n) is 3.37. The summed E-state index contributed by atoms with van der Waals surface area (Å²) < 4.78 is 14.7. The zero-order valence-electron chi connectivity index (χ0n) is 16.7. The maximum Gasteiger partial charge on any atom is 0.262 e. The number of rotatable bonds is 7. The van der Waals surface area contributed by atoms with E-state index in [0.717, 1.165) is 22.7 Å². The number of aryl methyl sites for hydroxylation is 1. The third-order valence-corrected chi connectivity index (χ3v) is 4.69. The summed E-state index contributed by atoms with van der Waals surface area (Å²) in [5, 5.41) is 12.5. The number of fused-ring (bicyclic) bond motifs is 3. The van der Waals surface area contributed by atoms with Crippen molar-refractivity contribution in [2.75, 3.05) is 18.5 Å². The molecule has 2 aromatic heterocycles. The standard InChI is InChI=1S/C21H23N5O3/c1-4-28-14-10-11-18(29-5-2)16(12-14)22-13-19-23-24-21-25(3)20(27)15-8-6-7-9-17(15)26(19)21/h6-12,22H,4-5,13H2,1-3H3. The molecule has 2 aromatic carbocycles. The first-order chi connectivity index (χ1) is 14.1. The second kappa shape index (κ2) is 7.83. The molecule has 0 saturated heterocycles. The molecule has 0 bridgehead atoms. The fourth-order valence-corrected chi connectivity index (χ4v) is 3.37. The van der Waals surface area contributed by atoms with Gasteiger partial charge in [0.1, 0.15) is 11.5 Å². The van der Waals surface area contributed by atoms with Crippen LogP contribution in [0.5, 0.6) is 11.5 Å². The lowest BCUT2D eigenvalue weighted by atomic mass is 10.2. The van der Waals surface area contributed by atoms with Gasteiger partial charge in [-0.3, -0.25) is 13.8 Å². The molecular weight excluding hydrogens is 370 g/mol. The van der Waals surface area contributed by atoms with E-state index in [2.05, 4.69) is 15.5 Å². The van der Waals surface area contributed by atoms with Crippen molar-refractivity contribution in [3.63, 3.8) is 0 Å². The molecule has 4 rings (SSSR count). The number of benzene rings is 2. The minimum atomic E-state index is -0.0944. The summed E-state index contributed by atoms with van der Waals surface area (Å²) in [6.45, 7) is 5.44. The summed E-state index contributed by atoms with van der Waals surface area (Å²) >= 11 is 0. The number of nitrogens with one attached hydrogen (secondary N) is 1. The predicted molar refractivity (Wildman–Crippen MR) is 112 cm³/mol. The third-order valence-electron chi connectivity index (χ3n) is 4.69. The second-order valence-electron chi connectivity index (χ2n) is 6.51. The number of aromatic nitrogens is 4. The van der Waals surface area contributed by atoms with Crippen LogP contribution >= 0.6 is 0 Å². The minimum absolute atomic E-state index is 0.0944. The molecule has 8 heteroatoms. The molecule has 0 amide bonds. The second-order valence-corrected chi connectivity index (χ2v) is 6.51. The molecule has 150 valence electrons. The van der Waals surface area contributed by atoms with Gasteiger partial charge in [0.2, 0.25) is 5.78 Å². The van der Waals surface area contributed by atoms with E-state index in [1.165, 1.54) is 4.57 Å². The Morgan fingerprint density at radius 1 is 1.03 bits per heavy atom. The topological polar surface area (TPSA) is 82.7 Å². The van der Waals surface area contributed by atoms with Gasteiger partial charge in [-0.1, -0.05) is 12.1 Å². The van der Waals surface area contributed by atoms with Crippen molar-refractivity contribution in [3.05, 3.63) is 58.6 Å². The molecule has 2 heterocycles. The average molecular weight is 393 g/mol. The van der Waals surface area contributed by atoms with Gasteiger partial charge in [0, 0.05) is 13.1 Å². The maximum atomic E-state index is 12.6. The van der Waals surface area contributed by atoms with E-state index in [4.69, 9.17) is 9.47 Å². The lowest BCUT2D eigenvalue weighted by Crippen LogP contribution is -2.20. The number of hydrogen-bond acceptors (Lipinski definition) is 6. The summed E-state index contributed by atoms with van der Waals surface area (Å²) in [6, 6.07) is 13.1. The Balaban J connectivity index is 1.75. The molecule has 8 nitrogen and oxygen atoms in total. The Kier molecular flexibility index (Phi) is 5.07. The molecule has 0 fully saturated rings. The molecule has 4 aromatic rings. The Bertz CT molecular complexity index is 1230. The van der Waals surface area contributed by atoms with Crippen LogP contribution in [0.25, 0.3) is 16.7 Å². The Labute approximate surface area is 167 Å². The van der Waals surface area contributed by atoms with E-state index in [-0.39, 0.29) is 5.56 Å². The summed E-state index contributed by atoms with van der Waals surface area (Å²) in [7, 11) is 1.70. The normalized spacial score (nSPS) is 11.1. The predicted octanol–water partition coefficient (Wildman–Crippen LogP) is 2.99. The average Bonchev–Trinajstić information content (AvgIpc) is 3.16. The van der Waals surface area contributed by atoms with E-state index in [9.17, 15) is 4.79 Å². The van der Waals surface area contributed by atoms with Crippen molar-refractivity contribution in [2.24, 2.45) is 7.05 Å². The van der Waals surface area contributed by atoms with E-state index in [1.54, 1.807) is 7.05 Å². The molecule has 0 aliphatic rings. The Hall–Kier alpha value is -3.55. The molecule has 0 saturated carbocycles. The van der Waals surface area contributed by atoms with Crippen molar-refractivity contribution in [1.29, 1.82) is 0 Å². The first-order valence-electron chi connectivity index (χ1n) is 9.59. The van der Waals surface area contributed by atoms with Crippen LogP contribution in [0.1, 0.15) is 19.7 Å². The van der Waals surface area contributed by atoms with Crippen molar-refractivity contribution < 1.29 is 9.47 Å². The van der Waals surface area contributed by atoms with Gasteiger partial charge in [0.25, 0.3) is 5.56 Å². The van der Waals surface area contributed by atoms with Gasteiger partial charge in [-0.05, 0) is 38.1 Å². The number of ether oxygens (including phenoxy) is 2. The molecule has 0 aliphatic heterocycles. The van der Waals surface area contributed by atoms with Crippen LogP contribution < -0.4 is 20.3 Å². The quantitative estimate of drug-likeness (QED) is 0.520. The van der Waals surface area contributed by atoms with Crippen LogP contribution in [-0.4, -0.2) is 32.4 Å². The lowest BCUT2D eigenvalue weighted by Gasteiger charge is -2.14. The van der Waals surface area contributed by atoms with Gasteiger partial charge in [0.15, 0.2) is 5.82 Å². The summed E-state index contributed by atoms with van der Waals surface area (Å²) in [6.07, 6.45) is 0. The summed E-state index contributed by atoms with van der Waals surface area (Å²) in [5.74, 6) is 2.69. The third kappa shape index (κ3) is 3.37. The monoisotopic (exact) mass is 393 g/mol. The number of anilines is 1. The lowest BCUT2D eigenvalue weighted by molar-refractivity contribution is 0.332. The molecule has 0 radical (unpaired) electrons. The van der Waals surface area contributed by atoms with Gasteiger partial charge >= 0.3 is 0 Å². The number of para-hydroxylation sites is 1. The van der Waals surface area contributed by atoms with E-state index < -0.39 is 0 Å². The van der Waals surface area contributed by atoms with Gasteiger partial charge < -0.3 is 14.8 Å². The SMILES string of the molecule is CCOc1ccc(OCC)c(NCc2nnc3n(C)c(=O)c4ccccc4n23)c1. The van der Waals surface area contributed by atoms with Crippen LogP contribution in [0.2, 0.25) is 0 Å². The Morgan fingerprint density at radius 3 is 2.62 bits per heavy atom. The fraction of sp³-hybridized carbons (Fsp3) is 0.286. The Morgan fingerprint density at radius 2 is 1.83 bits per heavy atom. The number of hydrogen-bond donors (Lipinski definition) is 1. The summed E-state index contributed by atoms with van der Waals surface area (Å²) in [5.41, 5.74) is 1.49. The molecule has 0 unspecified atom stereocenters. The highest BCUT2D eigenvalue weighted by atomic mass is 16.5. The minimum Gasteiger partial charge on any atom is -0.494 e. The highest BCUT2D eigenvalue weighted by Crippen LogP contribution is 2.30. The molecule has 0 spiro atoms. The van der Waals surface area contributed by atoms with Gasteiger partial charge in [0.05, 0.1) is 36.3 Å². The van der Waals surface area contributed by atoms with Gasteiger partial charge in [-0.2, -0.15) is 0 Å². The molecular formula is C21H23N5O3. The highest BCUT2D eigenvalue weighted by molar-refractivity contribution is 5.80. The van der Waals surface area contributed by atoms with Crippen molar-refractivity contribution >= 4 is 22.4 Å². The molecule has 0 atom stereocenters. The van der Waals surface area contributed by atoms with E-state index >= 15 is 0 Å². The first-order valence-corrected chi connectivity index (χ1v) is 9.59. The molecule has 0 aliphatic carbocycles. The number of nitrogens with zero attached hydrogens (tertiary/aromatic N) is 4. The van der Waals surface area contributed by atoms with Crippen molar-refractivity contribution in [2.45, 2.75) is 20.4 Å². The summed E-state index contributed by atoms with van der Waals surface area (Å²) in [4.78, 5) is 12.6. The van der Waals surface area contributed by atoms with Crippen LogP contribution in [0.3, 0.4) is 0 Å². The van der Waals surface area contributed by atoms with Gasteiger partial charge in [-0.25, -0.2) is 0 Å². The van der Waals surface area contributed by atoms with Crippen LogP contribution in [-0.2, 0) is 13.6 Å². The van der Waals surface area contributed by atoms with Gasteiger partial charge in [-0.15, -0.1) is 10.2 Å². The zero-order valence-corrected chi connectivity index (χ0v) is 16.7. The van der Waals surface area contributed by atoms with Crippen molar-refractivity contribution in [3.8, 4) is 11.5 Å². The largest absolute Gasteiger partial charge is 0.494 e. The molecule has 1 N–H and O–H groups in total. The highest BCUT2D eigenvalue weighted by Gasteiger charge is 2.15. The van der Waals surface area contributed by atoms with E-state index in [1.807, 2.05) is 60.7 Å². The van der Waals surface area contributed by atoms with Crippen LogP contribution in [0.4, 0.5) is 5.69 Å². The molecule has 29 heavy (non-hydrogen) atoms. The zero-order chi connectivity index (χ0) is 20.4. The smallest absolute Gasteiger partial charge is 0.262 e. The van der Waals surface area contributed by atoms with Crippen LogP contribution in [0, 0.1) is 0 Å². The van der Waals surface area contributed by atoms with Crippen LogP contribution in [0.15, 0.2) is 47.3 Å². The van der Waals surface area contributed by atoms with E-state index in [0.29, 0.717) is 36.7 Å². The maximum absolute atomic E-state index is 12.6. The first kappa shape index (κ1) is 18.8. The van der Waals surface area contributed by atoms with Crippen molar-refractivity contribution in [1.82, 2.24) is 19.2 Å².